The molecule has 2 rings (SSSR count). The monoisotopic (exact) mass is 266 g/mol. The van der Waals surface area contributed by atoms with Crippen LogP contribution in [0.4, 0.5) is 0 Å². The zero-order valence-corrected chi connectivity index (χ0v) is 11.5. The average Bonchev–Trinajstić information content (AvgIpc) is 3.13. The second kappa shape index (κ2) is 6.35. The molecule has 1 saturated carbocycles. The van der Waals surface area contributed by atoms with Crippen LogP contribution in [0, 0.1) is 5.92 Å². The van der Waals surface area contributed by atoms with Gasteiger partial charge in [0.1, 0.15) is 0 Å². The van der Waals surface area contributed by atoms with Crippen LogP contribution in [0.1, 0.15) is 26.2 Å². The van der Waals surface area contributed by atoms with E-state index in [1.54, 1.807) is 0 Å². The summed E-state index contributed by atoms with van der Waals surface area (Å²) in [5.41, 5.74) is 1.28. The van der Waals surface area contributed by atoms with E-state index in [0.29, 0.717) is 36.9 Å². The Morgan fingerprint density at radius 3 is 2.74 bits per heavy atom. The first-order valence-corrected chi connectivity index (χ1v) is 6.78. The minimum atomic E-state index is -0.361. The fourth-order valence-electron chi connectivity index (χ4n) is 2.34. The van der Waals surface area contributed by atoms with Crippen LogP contribution in [-0.2, 0) is 19.0 Å². The van der Waals surface area contributed by atoms with Crippen molar-refractivity contribution in [1.29, 1.82) is 0 Å². The molecule has 106 valence electrons. The Morgan fingerprint density at radius 1 is 1.26 bits per heavy atom. The molecule has 4 heteroatoms. The van der Waals surface area contributed by atoms with Crippen LogP contribution >= 0.6 is 0 Å². The standard InChI is InChI=1S/C15H22O4/c1-10(2)7-17-8-11(3)15(16)18-9-12-4-5-13-14(6-12)19-13/h12-14H,1,3-9H2,2H3. The van der Waals surface area contributed by atoms with Gasteiger partial charge in [-0.15, -0.1) is 0 Å². The molecular formula is C15H22O4. The van der Waals surface area contributed by atoms with E-state index in [9.17, 15) is 4.79 Å². The highest BCUT2D eigenvalue weighted by Crippen LogP contribution is 2.39. The molecule has 0 aromatic heterocycles. The minimum absolute atomic E-state index is 0.199. The van der Waals surface area contributed by atoms with Crippen molar-refractivity contribution < 1.29 is 19.0 Å². The Bertz CT molecular complexity index is 374. The largest absolute Gasteiger partial charge is 0.462 e. The Labute approximate surface area is 114 Å². The van der Waals surface area contributed by atoms with Gasteiger partial charge in [-0.25, -0.2) is 4.79 Å². The second-order valence-electron chi connectivity index (χ2n) is 5.54. The predicted molar refractivity (Wildman–Crippen MR) is 71.7 cm³/mol. The van der Waals surface area contributed by atoms with Gasteiger partial charge in [-0.05, 0) is 32.1 Å². The SMILES string of the molecule is C=C(C)COCC(=C)C(=O)OCC1CCC2OC2C1. The highest BCUT2D eigenvalue weighted by molar-refractivity contribution is 5.87. The molecule has 3 unspecified atom stereocenters. The van der Waals surface area contributed by atoms with Crippen molar-refractivity contribution in [3.05, 3.63) is 24.3 Å². The average molecular weight is 266 g/mol. The van der Waals surface area contributed by atoms with E-state index in [1.807, 2.05) is 6.92 Å². The van der Waals surface area contributed by atoms with Crippen molar-refractivity contribution in [2.24, 2.45) is 5.92 Å². The van der Waals surface area contributed by atoms with Crippen molar-refractivity contribution >= 4 is 5.97 Å². The van der Waals surface area contributed by atoms with Gasteiger partial charge in [0.05, 0.1) is 37.6 Å². The van der Waals surface area contributed by atoms with Crippen LogP contribution < -0.4 is 0 Å². The maximum absolute atomic E-state index is 11.7. The fourth-order valence-corrected chi connectivity index (χ4v) is 2.34. The molecular weight excluding hydrogens is 244 g/mol. The van der Waals surface area contributed by atoms with Crippen molar-refractivity contribution in [3.8, 4) is 0 Å². The quantitative estimate of drug-likeness (QED) is 0.307. The normalized spacial score (nSPS) is 28.4. The molecule has 1 aliphatic heterocycles. The molecule has 2 aliphatic rings. The van der Waals surface area contributed by atoms with Crippen molar-refractivity contribution in [2.75, 3.05) is 19.8 Å². The van der Waals surface area contributed by atoms with Crippen LogP contribution in [0.2, 0.25) is 0 Å². The first-order chi connectivity index (χ1) is 9.06. The lowest BCUT2D eigenvalue weighted by atomic mass is 9.90. The molecule has 0 aromatic carbocycles. The summed E-state index contributed by atoms with van der Waals surface area (Å²) in [6.07, 6.45) is 4.08. The number of hydrogen-bond acceptors (Lipinski definition) is 4. The third kappa shape index (κ3) is 4.48. The lowest BCUT2D eigenvalue weighted by Gasteiger charge is -2.18. The summed E-state index contributed by atoms with van der Waals surface area (Å²) in [4.78, 5) is 11.7. The molecule has 1 aliphatic carbocycles. The van der Waals surface area contributed by atoms with Crippen LogP contribution in [0.25, 0.3) is 0 Å². The van der Waals surface area contributed by atoms with Crippen LogP contribution in [0.15, 0.2) is 24.3 Å². The number of epoxide rings is 1. The summed E-state index contributed by atoms with van der Waals surface area (Å²) in [5.74, 6) is 0.0670. The van der Waals surface area contributed by atoms with Gasteiger partial charge in [0, 0.05) is 0 Å². The van der Waals surface area contributed by atoms with Gasteiger partial charge >= 0.3 is 5.97 Å². The second-order valence-corrected chi connectivity index (χ2v) is 5.54. The lowest BCUT2D eigenvalue weighted by molar-refractivity contribution is -0.141. The highest BCUT2D eigenvalue weighted by atomic mass is 16.6. The number of hydrogen-bond donors (Lipinski definition) is 0. The molecule has 1 heterocycles. The van der Waals surface area contributed by atoms with Gasteiger partial charge in [0.15, 0.2) is 0 Å². The van der Waals surface area contributed by atoms with E-state index >= 15 is 0 Å². The molecule has 0 bridgehead atoms. The van der Waals surface area contributed by atoms with E-state index in [-0.39, 0.29) is 12.6 Å². The van der Waals surface area contributed by atoms with Gasteiger partial charge in [0.25, 0.3) is 0 Å². The zero-order chi connectivity index (χ0) is 13.8. The van der Waals surface area contributed by atoms with E-state index in [1.165, 1.54) is 0 Å². The van der Waals surface area contributed by atoms with E-state index in [4.69, 9.17) is 14.2 Å². The van der Waals surface area contributed by atoms with Crippen molar-refractivity contribution in [1.82, 2.24) is 0 Å². The number of ether oxygens (including phenoxy) is 3. The molecule has 0 N–H and O–H groups in total. The smallest absolute Gasteiger partial charge is 0.335 e. The summed E-state index contributed by atoms with van der Waals surface area (Å²) in [6, 6.07) is 0. The Morgan fingerprint density at radius 2 is 2.05 bits per heavy atom. The van der Waals surface area contributed by atoms with Crippen LogP contribution in [0.3, 0.4) is 0 Å². The van der Waals surface area contributed by atoms with Crippen LogP contribution in [0.5, 0.6) is 0 Å². The molecule has 1 saturated heterocycles. The summed E-state index contributed by atoms with van der Waals surface area (Å²) < 4.78 is 16.0. The van der Waals surface area contributed by atoms with Crippen molar-refractivity contribution in [2.45, 2.75) is 38.4 Å². The summed E-state index contributed by atoms with van der Waals surface area (Å²) in [7, 11) is 0. The van der Waals surface area contributed by atoms with Gasteiger partial charge < -0.3 is 14.2 Å². The molecule has 19 heavy (non-hydrogen) atoms. The summed E-state index contributed by atoms with van der Waals surface area (Å²) in [6.45, 7) is 10.4. The molecule has 0 aromatic rings. The molecule has 2 fully saturated rings. The molecule has 0 amide bonds. The van der Waals surface area contributed by atoms with E-state index in [0.717, 1.165) is 24.8 Å². The molecule has 0 radical (unpaired) electrons. The van der Waals surface area contributed by atoms with Crippen LogP contribution in [-0.4, -0.2) is 38.0 Å². The van der Waals surface area contributed by atoms with Crippen molar-refractivity contribution in [3.63, 3.8) is 0 Å². The molecule has 4 nitrogen and oxygen atoms in total. The van der Waals surface area contributed by atoms with E-state index in [2.05, 4.69) is 13.2 Å². The van der Waals surface area contributed by atoms with Gasteiger partial charge in [-0.2, -0.15) is 0 Å². The highest BCUT2D eigenvalue weighted by Gasteiger charge is 2.43. The zero-order valence-electron chi connectivity index (χ0n) is 11.5. The third-order valence-corrected chi connectivity index (χ3v) is 3.48. The third-order valence-electron chi connectivity index (χ3n) is 3.48. The van der Waals surface area contributed by atoms with Gasteiger partial charge in [0.2, 0.25) is 0 Å². The summed E-state index contributed by atoms with van der Waals surface area (Å²) >= 11 is 0. The van der Waals surface area contributed by atoms with Gasteiger partial charge in [-0.1, -0.05) is 18.7 Å². The first-order valence-electron chi connectivity index (χ1n) is 6.78. The lowest BCUT2D eigenvalue weighted by Crippen LogP contribution is -2.21. The number of carbonyl (C=O) groups is 1. The molecule has 3 atom stereocenters. The van der Waals surface area contributed by atoms with E-state index < -0.39 is 0 Å². The summed E-state index contributed by atoms with van der Waals surface area (Å²) in [5, 5.41) is 0. The first kappa shape index (κ1) is 14.3. The Hall–Kier alpha value is -1.13. The maximum atomic E-state index is 11.7. The number of esters is 1. The number of rotatable bonds is 7. The fraction of sp³-hybridized carbons (Fsp3) is 0.667. The Balaban J connectivity index is 1.60. The molecule has 0 spiro atoms. The topological polar surface area (TPSA) is 48.1 Å². The van der Waals surface area contributed by atoms with Gasteiger partial charge in [-0.3, -0.25) is 0 Å². The Kier molecular flexibility index (Phi) is 4.77. The predicted octanol–water partition coefficient (Wildman–Crippen LogP) is 2.25. The number of fused-ring (bicyclic) bond motifs is 1. The maximum Gasteiger partial charge on any atom is 0.335 e. The minimum Gasteiger partial charge on any atom is -0.462 e. The number of carbonyl (C=O) groups excluding carboxylic acids is 1.